The number of nitrogens with one attached hydrogen (secondary N) is 1. The van der Waals surface area contributed by atoms with Crippen LogP contribution in [0.5, 0.6) is 0 Å². The van der Waals surface area contributed by atoms with E-state index in [1.807, 2.05) is 44.3 Å². The van der Waals surface area contributed by atoms with Crippen LogP contribution in [0.25, 0.3) is 0 Å². The third-order valence-corrected chi connectivity index (χ3v) is 2.07. The van der Waals surface area contributed by atoms with Crippen LogP contribution in [-0.4, -0.2) is 18.2 Å². The largest absolute Gasteiger partial charge is 0.387 e. The zero-order valence-electron chi connectivity index (χ0n) is 7.99. The van der Waals surface area contributed by atoms with Gasteiger partial charge in [0.1, 0.15) is 0 Å². The van der Waals surface area contributed by atoms with Crippen molar-refractivity contribution in [3.63, 3.8) is 0 Å². The molecule has 0 saturated carbocycles. The molecule has 0 aliphatic rings. The van der Waals surface area contributed by atoms with Crippen molar-refractivity contribution in [2.45, 2.75) is 26.5 Å². The van der Waals surface area contributed by atoms with Gasteiger partial charge in [0.25, 0.3) is 0 Å². The average Bonchev–Trinajstić information content (AvgIpc) is 2.17. The smallest absolute Gasteiger partial charge is 0.0940 e. The molecule has 0 saturated heterocycles. The fourth-order valence-electron chi connectivity index (χ4n) is 1.10. The molecule has 14 heavy (non-hydrogen) atoms. The second-order valence-electron chi connectivity index (χ2n) is 2.93. The minimum absolute atomic E-state index is 0. The van der Waals surface area contributed by atoms with Crippen LogP contribution in [0.15, 0.2) is 30.3 Å². The SMILES string of the molecule is C.CN[C@@H](C)[C@H](O)c1ccccc1.S. The maximum Gasteiger partial charge on any atom is 0.0940 e. The van der Waals surface area contributed by atoms with Gasteiger partial charge in [0.2, 0.25) is 0 Å². The zero-order valence-corrected chi connectivity index (χ0v) is 8.99. The Kier molecular flexibility index (Phi) is 8.94. The Morgan fingerprint density at radius 2 is 1.71 bits per heavy atom. The fourth-order valence-corrected chi connectivity index (χ4v) is 1.10. The Bertz CT molecular complexity index is 228. The Balaban J connectivity index is 0. The van der Waals surface area contributed by atoms with Gasteiger partial charge in [0, 0.05) is 6.04 Å². The van der Waals surface area contributed by atoms with Crippen molar-refractivity contribution in [2.75, 3.05) is 7.05 Å². The van der Waals surface area contributed by atoms with E-state index in [-0.39, 0.29) is 27.0 Å². The number of aliphatic hydroxyl groups excluding tert-OH is 1. The Morgan fingerprint density at radius 3 is 2.14 bits per heavy atom. The van der Waals surface area contributed by atoms with Gasteiger partial charge < -0.3 is 10.4 Å². The number of rotatable bonds is 3. The molecule has 2 nitrogen and oxygen atoms in total. The lowest BCUT2D eigenvalue weighted by Gasteiger charge is -2.17. The molecule has 0 radical (unpaired) electrons. The highest BCUT2D eigenvalue weighted by atomic mass is 32.1. The summed E-state index contributed by atoms with van der Waals surface area (Å²) >= 11 is 0. The molecule has 82 valence electrons. The minimum Gasteiger partial charge on any atom is -0.387 e. The van der Waals surface area contributed by atoms with Gasteiger partial charge in [-0.1, -0.05) is 37.8 Å². The highest BCUT2D eigenvalue weighted by Crippen LogP contribution is 2.15. The maximum absolute atomic E-state index is 9.73. The molecular formula is C11H21NOS. The average molecular weight is 215 g/mol. The van der Waals surface area contributed by atoms with Crippen molar-refractivity contribution in [2.24, 2.45) is 0 Å². The summed E-state index contributed by atoms with van der Waals surface area (Å²) in [6.45, 7) is 1.96. The molecule has 0 fully saturated rings. The van der Waals surface area contributed by atoms with E-state index < -0.39 is 6.10 Å². The second-order valence-corrected chi connectivity index (χ2v) is 2.93. The highest BCUT2D eigenvalue weighted by Gasteiger charge is 2.12. The van der Waals surface area contributed by atoms with E-state index in [1.54, 1.807) is 0 Å². The number of hydrogen-bond acceptors (Lipinski definition) is 2. The van der Waals surface area contributed by atoms with Gasteiger partial charge >= 0.3 is 0 Å². The summed E-state index contributed by atoms with van der Waals surface area (Å²) < 4.78 is 0. The molecule has 1 aromatic rings. The quantitative estimate of drug-likeness (QED) is 0.809. The number of aliphatic hydroxyl groups is 1. The highest BCUT2D eigenvalue weighted by molar-refractivity contribution is 7.59. The van der Waals surface area contributed by atoms with Gasteiger partial charge in [-0.05, 0) is 19.5 Å². The Hall–Kier alpha value is -0.510. The van der Waals surface area contributed by atoms with Crippen molar-refractivity contribution in [3.8, 4) is 0 Å². The Labute approximate surface area is 93.8 Å². The zero-order chi connectivity index (χ0) is 8.97. The van der Waals surface area contributed by atoms with Crippen molar-refractivity contribution in [1.82, 2.24) is 5.32 Å². The molecule has 0 aliphatic carbocycles. The molecule has 0 amide bonds. The lowest BCUT2D eigenvalue weighted by molar-refractivity contribution is 0.140. The summed E-state index contributed by atoms with van der Waals surface area (Å²) in [6.07, 6.45) is -0.420. The first kappa shape index (κ1) is 15.9. The minimum atomic E-state index is -0.420. The molecule has 1 aromatic carbocycles. The van der Waals surface area contributed by atoms with Gasteiger partial charge in [-0.2, -0.15) is 13.5 Å². The van der Waals surface area contributed by atoms with Crippen LogP contribution in [0, 0.1) is 0 Å². The molecule has 1 rings (SSSR count). The van der Waals surface area contributed by atoms with Gasteiger partial charge in [0.05, 0.1) is 6.10 Å². The third-order valence-electron chi connectivity index (χ3n) is 2.07. The lowest BCUT2D eigenvalue weighted by Crippen LogP contribution is -2.28. The van der Waals surface area contributed by atoms with Crippen LogP contribution in [0.1, 0.15) is 26.0 Å². The van der Waals surface area contributed by atoms with Crippen molar-refractivity contribution in [1.29, 1.82) is 0 Å². The molecule has 2 atom stereocenters. The normalized spacial score (nSPS) is 13.4. The van der Waals surface area contributed by atoms with E-state index in [2.05, 4.69) is 5.32 Å². The molecule has 0 spiro atoms. The molecule has 2 N–H and O–H groups in total. The second kappa shape index (κ2) is 7.85. The summed E-state index contributed by atoms with van der Waals surface area (Å²) in [5.41, 5.74) is 0.958. The first-order valence-electron chi connectivity index (χ1n) is 4.16. The van der Waals surface area contributed by atoms with E-state index in [1.165, 1.54) is 0 Å². The van der Waals surface area contributed by atoms with Crippen LogP contribution in [0.2, 0.25) is 0 Å². The van der Waals surface area contributed by atoms with E-state index in [0.717, 1.165) is 5.56 Å². The number of likely N-dealkylation sites (N-methyl/N-ethyl adjacent to an activating group) is 1. The predicted octanol–water partition coefficient (Wildman–Crippen LogP) is 2.08. The summed E-state index contributed by atoms with van der Waals surface area (Å²) in [6, 6.07) is 9.76. The molecule has 0 bridgehead atoms. The van der Waals surface area contributed by atoms with Crippen LogP contribution in [-0.2, 0) is 0 Å². The summed E-state index contributed by atoms with van der Waals surface area (Å²) in [5, 5.41) is 12.7. The van der Waals surface area contributed by atoms with E-state index in [4.69, 9.17) is 0 Å². The van der Waals surface area contributed by atoms with Crippen molar-refractivity contribution in [3.05, 3.63) is 35.9 Å². The number of benzene rings is 1. The van der Waals surface area contributed by atoms with E-state index in [0.29, 0.717) is 0 Å². The predicted molar refractivity (Wildman–Crippen MR) is 67.0 cm³/mol. The van der Waals surface area contributed by atoms with Gasteiger partial charge in [0.15, 0.2) is 0 Å². The molecule has 0 unspecified atom stereocenters. The van der Waals surface area contributed by atoms with Crippen molar-refractivity contribution < 1.29 is 5.11 Å². The van der Waals surface area contributed by atoms with Gasteiger partial charge in [-0.15, -0.1) is 0 Å². The molecule has 0 aliphatic heterocycles. The molecule has 0 aromatic heterocycles. The summed E-state index contributed by atoms with van der Waals surface area (Å²) in [7, 11) is 1.84. The van der Waals surface area contributed by atoms with Crippen molar-refractivity contribution >= 4 is 13.5 Å². The maximum atomic E-state index is 9.73. The molecule has 0 heterocycles. The number of hydrogen-bond donors (Lipinski definition) is 2. The van der Waals surface area contributed by atoms with Gasteiger partial charge in [-0.25, -0.2) is 0 Å². The summed E-state index contributed by atoms with van der Waals surface area (Å²) in [5.74, 6) is 0. The first-order valence-corrected chi connectivity index (χ1v) is 4.16. The van der Waals surface area contributed by atoms with Crippen LogP contribution in [0.3, 0.4) is 0 Å². The lowest BCUT2D eigenvalue weighted by atomic mass is 10.0. The first-order chi connectivity index (χ1) is 5.75. The van der Waals surface area contributed by atoms with Crippen LogP contribution < -0.4 is 5.32 Å². The van der Waals surface area contributed by atoms with Crippen LogP contribution >= 0.6 is 13.5 Å². The Morgan fingerprint density at radius 1 is 1.21 bits per heavy atom. The van der Waals surface area contributed by atoms with Crippen LogP contribution in [0.4, 0.5) is 0 Å². The molecular weight excluding hydrogens is 194 g/mol. The van der Waals surface area contributed by atoms with Gasteiger partial charge in [-0.3, -0.25) is 0 Å². The standard InChI is InChI=1S/C10H15NO.CH4.H2S/c1-8(11-2)10(12)9-6-4-3-5-7-9;;/h3-8,10-12H,1-2H3;1H4;1H2/t8-,10-;;/m0../s1. The monoisotopic (exact) mass is 215 g/mol. The van der Waals surface area contributed by atoms with E-state index in [9.17, 15) is 5.11 Å². The molecule has 3 heteroatoms. The topological polar surface area (TPSA) is 32.3 Å². The van der Waals surface area contributed by atoms with E-state index >= 15 is 0 Å². The fraction of sp³-hybridized carbons (Fsp3) is 0.455. The third kappa shape index (κ3) is 4.13. The summed E-state index contributed by atoms with van der Waals surface area (Å²) in [4.78, 5) is 0.